The minimum absolute atomic E-state index is 0.316. The van der Waals surface area contributed by atoms with Gasteiger partial charge in [-0.25, -0.2) is 5.84 Å². The van der Waals surface area contributed by atoms with Crippen molar-refractivity contribution in [2.45, 2.75) is 25.9 Å². The predicted octanol–water partition coefficient (Wildman–Crippen LogP) is 1.87. The van der Waals surface area contributed by atoms with E-state index >= 15 is 0 Å². The number of hydrazine groups is 1. The average Bonchev–Trinajstić information content (AvgIpc) is 2.99. The molecule has 0 aromatic carbocycles. The molecule has 3 N–H and O–H groups in total. The standard InChI is InChI=1S/C15H18N4OS/c1-10-13-5-7-21-14(13)4-6-19(10)9-12-3-2-11(8-17-12)15(20)18-16/h2-3,5,7-8,10H,4,6,9,16H2,1H3,(H,18,20). The van der Waals surface area contributed by atoms with Gasteiger partial charge in [0.1, 0.15) is 0 Å². The number of hydrogen-bond donors (Lipinski definition) is 2. The minimum Gasteiger partial charge on any atom is -0.290 e. The van der Waals surface area contributed by atoms with Crippen LogP contribution in [0.5, 0.6) is 0 Å². The van der Waals surface area contributed by atoms with Gasteiger partial charge in [0.15, 0.2) is 0 Å². The predicted molar refractivity (Wildman–Crippen MR) is 82.7 cm³/mol. The molecule has 1 amide bonds. The summed E-state index contributed by atoms with van der Waals surface area (Å²) in [4.78, 5) is 19.7. The van der Waals surface area contributed by atoms with Crippen LogP contribution in [0, 0.1) is 0 Å². The Morgan fingerprint density at radius 3 is 3.10 bits per heavy atom. The van der Waals surface area contributed by atoms with Gasteiger partial charge in [-0.2, -0.15) is 0 Å². The Kier molecular flexibility index (Phi) is 4.01. The van der Waals surface area contributed by atoms with Crippen LogP contribution in [0.3, 0.4) is 0 Å². The molecule has 1 aliphatic rings. The zero-order valence-corrected chi connectivity index (χ0v) is 12.7. The van der Waals surface area contributed by atoms with Crippen LogP contribution < -0.4 is 11.3 Å². The summed E-state index contributed by atoms with van der Waals surface area (Å²) in [6, 6.07) is 6.28. The molecule has 21 heavy (non-hydrogen) atoms. The molecule has 1 unspecified atom stereocenters. The van der Waals surface area contributed by atoms with E-state index < -0.39 is 0 Å². The fraction of sp³-hybridized carbons (Fsp3) is 0.333. The molecular formula is C15H18N4OS. The second-order valence-corrected chi connectivity index (χ2v) is 6.21. The zero-order valence-electron chi connectivity index (χ0n) is 11.9. The Morgan fingerprint density at radius 2 is 2.38 bits per heavy atom. The number of nitrogens with two attached hydrogens (primary N) is 1. The molecule has 3 heterocycles. The normalized spacial score (nSPS) is 18.3. The van der Waals surface area contributed by atoms with Crippen LogP contribution in [0.25, 0.3) is 0 Å². The highest BCUT2D eigenvalue weighted by atomic mass is 32.1. The van der Waals surface area contributed by atoms with E-state index in [4.69, 9.17) is 5.84 Å². The molecule has 2 aromatic heterocycles. The summed E-state index contributed by atoms with van der Waals surface area (Å²) >= 11 is 1.85. The molecule has 0 bridgehead atoms. The maximum atomic E-state index is 11.4. The van der Waals surface area contributed by atoms with E-state index in [1.54, 1.807) is 12.3 Å². The van der Waals surface area contributed by atoms with E-state index in [1.165, 1.54) is 10.4 Å². The number of nitrogen functional groups attached to an aromatic ring is 1. The average molecular weight is 302 g/mol. The molecule has 1 atom stereocenters. The van der Waals surface area contributed by atoms with Gasteiger partial charge in [-0.05, 0) is 42.5 Å². The number of fused-ring (bicyclic) bond motifs is 1. The Morgan fingerprint density at radius 1 is 1.52 bits per heavy atom. The fourth-order valence-electron chi connectivity index (χ4n) is 2.72. The van der Waals surface area contributed by atoms with Crippen molar-refractivity contribution in [1.82, 2.24) is 15.3 Å². The SMILES string of the molecule is CC1c2ccsc2CCN1Cc1ccc(C(=O)NN)cn1. The highest BCUT2D eigenvalue weighted by molar-refractivity contribution is 7.10. The number of pyridine rings is 1. The van der Waals surface area contributed by atoms with Crippen LogP contribution in [0.4, 0.5) is 0 Å². The van der Waals surface area contributed by atoms with Crippen LogP contribution in [0.1, 0.15) is 39.5 Å². The van der Waals surface area contributed by atoms with E-state index in [0.717, 1.165) is 25.2 Å². The van der Waals surface area contributed by atoms with Crippen molar-refractivity contribution in [2.24, 2.45) is 5.84 Å². The first-order chi connectivity index (χ1) is 10.2. The van der Waals surface area contributed by atoms with Crippen molar-refractivity contribution < 1.29 is 4.79 Å². The number of aromatic nitrogens is 1. The van der Waals surface area contributed by atoms with Gasteiger partial charge in [-0.15, -0.1) is 11.3 Å². The third kappa shape index (κ3) is 2.83. The third-order valence-corrected chi connectivity index (χ3v) is 4.98. The number of nitrogens with zero attached hydrogens (tertiary/aromatic N) is 2. The van der Waals surface area contributed by atoms with Gasteiger partial charge in [0.05, 0.1) is 11.3 Å². The lowest BCUT2D eigenvalue weighted by atomic mass is 10.0. The highest BCUT2D eigenvalue weighted by Crippen LogP contribution is 2.33. The van der Waals surface area contributed by atoms with E-state index in [1.807, 2.05) is 17.4 Å². The highest BCUT2D eigenvalue weighted by Gasteiger charge is 2.24. The van der Waals surface area contributed by atoms with E-state index in [2.05, 4.69) is 33.7 Å². The monoisotopic (exact) mass is 302 g/mol. The summed E-state index contributed by atoms with van der Waals surface area (Å²) < 4.78 is 0. The van der Waals surface area contributed by atoms with Crippen LogP contribution in [0.2, 0.25) is 0 Å². The van der Waals surface area contributed by atoms with Gasteiger partial charge < -0.3 is 0 Å². The molecule has 6 heteroatoms. The van der Waals surface area contributed by atoms with Gasteiger partial charge >= 0.3 is 0 Å². The van der Waals surface area contributed by atoms with Crippen molar-refractivity contribution in [3.05, 3.63) is 51.5 Å². The molecule has 5 nitrogen and oxygen atoms in total. The van der Waals surface area contributed by atoms with E-state index in [-0.39, 0.29) is 5.91 Å². The molecule has 2 aromatic rings. The molecule has 3 rings (SSSR count). The number of carbonyl (C=O) groups excluding carboxylic acids is 1. The maximum Gasteiger partial charge on any atom is 0.266 e. The first-order valence-electron chi connectivity index (χ1n) is 6.95. The van der Waals surface area contributed by atoms with Crippen molar-refractivity contribution >= 4 is 17.2 Å². The fourth-order valence-corrected chi connectivity index (χ4v) is 3.68. The third-order valence-electron chi connectivity index (χ3n) is 3.99. The Hall–Kier alpha value is -1.76. The van der Waals surface area contributed by atoms with Crippen molar-refractivity contribution in [1.29, 1.82) is 0 Å². The molecule has 110 valence electrons. The molecule has 0 saturated heterocycles. The number of nitrogens with one attached hydrogen (secondary N) is 1. The molecule has 0 saturated carbocycles. The zero-order chi connectivity index (χ0) is 14.8. The van der Waals surface area contributed by atoms with Crippen LogP contribution in [-0.2, 0) is 13.0 Å². The van der Waals surface area contributed by atoms with E-state index in [9.17, 15) is 4.79 Å². The number of rotatable bonds is 3. The van der Waals surface area contributed by atoms with Gasteiger partial charge in [0.2, 0.25) is 0 Å². The van der Waals surface area contributed by atoms with Gasteiger partial charge in [0, 0.05) is 30.2 Å². The number of hydrogen-bond acceptors (Lipinski definition) is 5. The quantitative estimate of drug-likeness (QED) is 0.516. The van der Waals surface area contributed by atoms with Gasteiger partial charge in [0.25, 0.3) is 5.91 Å². The summed E-state index contributed by atoms with van der Waals surface area (Å²) in [5.41, 5.74) is 4.99. The molecule has 0 fully saturated rings. The second kappa shape index (κ2) is 5.93. The molecular weight excluding hydrogens is 284 g/mol. The number of thiophene rings is 1. The smallest absolute Gasteiger partial charge is 0.266 e. The van der Waals surface area contributed by atoms with Crippen molar-refractivity contribution in [2.75, 3.05) is 6.54 Å². The van der Waals surface area contributed by atoms with Crippen molar-refractivity contribution in [3.63, 3.8) is 0 Å². The van der Waals surface area contributed by atoms with Crippen LogP contribution in [0.15, 0.2) is 29.8 Å². The summed E-state index contributed by atoms with van der Waals surface area (Å²) in [5.74, 6) is 4.79. The molecule has 0 radical (unpaired) electrons. The molecule has 0 spiro atoms. The van der Waals surface area contributed by atoms with Crippen molar-refractivity contribution in [3.8, 4) is 0 Å². The van der Waals surface area contributed by atoms with Gasteiger partial charge in [-0.1, -0.05) is 0 Å². The topological polar surface area (TPSA) is 71.2 Å². The maximum absolute atomic E-state index is 11.4. The Bertz CT molecular complexity index is 637. The van der Waals surface area contributed by atoms with Gasteiger partial charge in [-0.3, -0.25) is 20.1 Å². The summed E-state index contributed by atoms with van der Waals surface area (Å²) in [7, 11) is 0. The first kappa shape index (κ1) is 14.2. The lowest BCUT2D eigenvalue weighted by Gasteiger charge is -2.33. The van der Waals surface area contributed by atoms with Crippen LogP contribution in [-0.4, -0.2) is 22.3 Å². The number of carbonyl (C=O) groups is 1. The van der Waals surface area contributed by atoms with E-state index in [0.29, 0.717) is 11.6 Å². The largest absolute Gasteiger partial charge is 0.290 e. The van der Waals surface area contributed by atoms with Crippen LogP contribution >= 0.6 is 11.3 Å². The summed E-state index contributed by atoms with van der Waals surface area (Å²) in [6.07, 6.45) is 2.67. The second-order valence-electron chi connectivity index (χ2n) is 5.21. The molecule has 1 aliphatic heterocycles. The minimum atomic E-state index is -0.316. The summed E-state index contributed by atoms with van der Waals surface area (Å²) in [5, 5.41) is 2.17. The lowest BCUT2D eigenvalue weighted by molar-refractivity contribution is 0.0953. The lowest BCUT2D eigenvalue weighted by Crippen LogP contribution is -2.33. The Labute approximate surface area is 127 Å². The first-order valence-corrected chi connectivity index (χ1v) is 7.83. The Balaban J connectivity index is 1.71. The number of amides is 1. The molecule has 0 aliphatic carbocycles. The summed E-state index contributed by atoms with van der Waals surface area (Å²) in [6.45, 7) is 4.07.